The van der Waals surface area contributed by atoms with E-state index in [2.05, 4.69) is 36.1 Å². The van der Waals surface area contributed by atoms with Gasteiger partial charge in [-0.2, -0.15) is 0 Å². The van der Waals surface area contributed by atoms with Crippen LogP contribution in [0.15, 0.2) is 48.5 Å². The van der Waals surface area contributed by atoms with E-state index in [0.717, 1.165) is 16.9 Å². The molecule has 3 heteroatoms. The molecule has 2 N–H and O–H groups in total. The Morgan fingerprint density at radius 1 is 1.06 bits per heavy atom. The normalized spacial score (nSPS) is 10.1. The van der Waals surface area contributed by atoms with Gasteiger partial charge in [0.1, 0.15) is 4.99 Å². The second-order valence-corrected chi connectivity index (χ2v) is 4.72. The first-order valence-electron chi connectivity index (χ1n) is 5.79. The molecular weight excluding hydrogens is 240 g/mol. The Bertz CT molecular complexity index is 561. The van der Waals surface area contributed by atoms with Crippen LogP contribution in [-0.4, -0.2) is 12.0 Å². The number of rotatable bonds is 3. The highest BCUT2D eigenvalue weighted by atomic mass is 32.1. The maximum absolute atomic E-state index is 5.76. The predicted octanol–water partition coefficient (Wildman–Crippen LogP) is 3.40. The summed E-state index contributed by atoms with van der Waals surface area (Å²) in [6.45, 7) is 2.08. The van der Waals surface area contributed by atoms with Gasteiger partial charge >= 0.3 is 0 Å². The minimum Gasteiger partial charge on any atom is -0.389 e. The third-order valence-electron chi connectivity index (χ3n) is 2.95. The molecule has 0 spiro atoms. The van der Waals surface area contributed by atoms with Crippen LogP contribution in [0.1, 0.15) is 11.1 Å². The summed E-state index contributed by atoms with van der Waals surface area (Å²) in [5.41, 5.74) is 10.0. The van der Waals surface area contributed by atoms with Gasteiger partial charge in [-0.25, -0.2) is 0 Å². The molecule has 92 valence electrons. The molecule has 0 aromatic heterocycles. The molecule has 0 saturated heterocycles. The Hall–Kier alpha value is -1.87. The average molecular weight is 256 g/mol. The minimum atomic E-state index is 0.421. The molecule has 0 aliphatic rings. The van der Waals surface area contributed by atoms with E-state index < -0.39 is 0 Å². The average Bonchev–Trinajstić information content (AvgIpc) is 2.39. The van der Waals surface area contributed by atoms with Crippen molar-refractivity contribution >= 4 is 28.6 Å². The van der Waals surface area contributed by atoms with E-state index >= 15 is 0 Å². The van der Waals surface area contributed by atoms with Gasteiger partial charge in [-0.3, -0.25) is 0 Å². The first kappa shape index (κ1) is 12.6. The lowest BCUT2D eigenvalue weighted by molar-refractivity contribution is 1.20. The van der Waals surface area contributed by atoms with Gasteiger partial charge in [0.05, 0.1) is 5.69 Å². The molecule has 0 heterocycles. The third-order valence-corrected chi connectivity index (χ3v) is 3.17. The number of para-hydroxylation sites is 1. The largest absolute Gasteiger partial charge is 0.389 e. The molecule has 2 aromatic carbocycles. The van der Waals surface area contributed by atoms with Crippen molar-refractivity contribution in [2.75, 3.05) is 11.9 Å². The van der Waals surface area contributed by atoms with Gasteiger partial charge in [-0.1, -0.05) is 42.0 Å². The molecular formula is C15H16N2S. The van der Waals surface area contributed by atoms with Crippen molar-refractivity contribution < 1.29 is 0 Å². The summed E-state index contributed by atoms with van der Waals surface area (Å²) in [6, 6.07) is 16.3. The highest BCUT2D eigenvalue weighted by Gasteiger charge is 2.10. The first-order valence-corrected chi connectivity index (χ1v) is 6.19. The predicted molar refractivity (Wildman–Crippen MR) is 81.6 cm³/mol. The molecule has 2 aromatic rings. The molecule has 0 saturated carbocycles. The molecule has 2 nitrogen and oxygen atoms in total. The smallest absolute Gasteiger partial charge is 0.106 e. The highest BCUT2D eigenvalue weighted by Crippen LogP contribution is 2.27. The maximum atomic E-state index is 5.76. The van der Waals surface area contributed by atoms with Gasteiger partial charge in [0.2, 0.25) is 0 Å². The molecule has 0 radical (unpaired) electrons. The quantitative estimate of drug-likeness (QED) is 0.853. The van der Waals surface area contributed by atoms with Crippen LogP contribution >= 0.6 is 12.2 Å². The number of hydrogen-bond acceptors (Lipinski definition) is 2. The summed E-state index contributed by atoms with van der Waals surface area (Å²) in [5.74, 6) is 0. The van der Waals surface area contributed by atoms with Crippen LogP contribution in [0.2, 0.25) is 0 Å². The lowest BCUT2D eigenvalue weighted by Gasteiger charge is -2.22. The van der Waals surface area contributed by atoms with Crippen molar-refractivity contribution in [2.45, 2.75) is 6.92 Å². The van der Waals surface area contributed by atoms with Gasteiger partial charge in [0.25, 0.3) is 0 Å². The van der Waals surface area contributed by atoms with Crippen molar-refractivity contribution in [1.82, 2.24) is 0 Å². The van der Waals surface area contributed by atoms with Crippen LogP contribution in [0.3, 0.4) is 0 Å². The van der Waals surface area contributed by atoms with E-state index in [0.29, 0.717) is 4.99 Å². The topological polar surface area (TPSA) is 29.3 Å². The van der Waals surface area contributed by atoms with Crippen LogP contribution < -0.4 is 10.6 Å². The number of aryl methyl sites for hydroxylation is 1. The van der Waals surface area contributed by atoms with Gasteiger partial charge in [-0.05, 0) is 31.2 Å². The van der Waals surface area contributed by atoms with Crippen LogP contribution in [0.5, 0.6) is 0 Å². The van der Waals surface area contributed by atoms with E-state index in [4.69, 9.17) is 18.0 Å². The van der Waals surface area contributed by atoms with Gasteiger partial charge in [0.15, 0.2) is 0 Å². The molecule has 0 atom stereocenters. The van der Waals surface area contributed by atoms with Crippen molar-refractivity contribution in [3.63, 3.8) is 0 Å². The van der Waals surface area contributed by atoms with E-state index in [1.807, 2.05) is 31.3 Å². The summed E-state index contributed by atoms with van der Waals surface area (Å²) in [5, 5.41) is 0. The van der Waals surface area contributed by atoms with E-state index in [9.17, 15) is 0 Å². The van der Waals surface area contributed by atoms with Crippen molar-refractivity contribution in [3.8, 4) is 0 Å². The zero-order valence-electron chi connectivity index (χ0n) is 10.6. The lowest BCUT2D eigenvalue weighted by Crippen LogP contribution is -2.17. The third kappa shape index (κ3) is 2.51. The Morgan fingerprint density at radius 3 is 2.28 bits per heavy atom. The maximum Gasteiger partial charge on any atom is 0.106 e. The number of benzene rings is 2. The van der Waals surface area contributed by atoms with E-state index in [-0.39, 0.29) is 0 Å². The van der Waals surface area contributed by atoms with Gasteiger partial charge < -0.3 is 10.6 Å². The van der Waals surface area contributed by atoms with Gasteiger partial charge in [0, 0.05) is 18.3 Å². The number of nitrogens with zero attached hydrogens (tertiary/aromatic N) is 1. The fraction of sp³-hybridized carbons (Fsp3) is 0.133. The molecule has 0 amide bonds. The van der Waals surface area contributed by atoms with Crippen molar-refractivity contribution in [3.05, 3.63) is 59.7 Å². The highest BCUT2D eigenvalue weighted by molar-refractivity contribution is 7.80. The van der Waals surface area contributed by atoms with E-state index in [1.165, 1.54) is 5.56 Å². The molecule has 0 fully saturated rings. The second-order valence-electron chi connectivity index (χ2n) is 4.28. The summed E-state index contributed by atoms with van der Waals surface area (Å²) >= 11 is 5.09. The summed E-state index contributed by atoms with van der Waals surface area (Å²) in [6.07, 6.45) is 0. The Balaban J connectivity index is 2.42. The van der Waals surface area contributed by atoms with Crippen LogP contribution in [-0.2, 0) is 0 Å². The molecule has 18 heavy (non-hydrogen) atoms. The Kier molecular flexibility index (Phi) is 3.63. The number of thiocarbonyl (C=S) groups is 1. The zero-order valence-corrected chi connectivity index (χ0v) is 11.4. The SMILES string of the molecule is Cc1ccc(N(C)c2ccccc2C(N)=S)cc1. The number of hydrogen-bond donors (Lipinski definition) is 1. The Labute approximate surface area is 113 Å². The number of anilines is 2. The minimum absolute atomic E-state index is 0.421. The molecule has 0 aliphatic carbocycles. The van der Waals surface area contributed by atoms with Crippen molar-refractivity contribution in [1.29, 1.82) is 0 Å². The standard InChI is InChI=1S/C15H16N2S/c1-11-7-9-12(10-8-11)17(2)14-6-4-3-5-13(14)15(16)18/h3-10H,1-2H3,(H2,16,18). The zero-order chi connectivity index (χ0) is 13.1. The Morgan fingerprint density at radius 2 is 1.67 bits per heavy atom. The van der Waals surface area contributed by atoms with Gasteiger partial charge in [-0.15, -0.1) is 0 Å². The molecule has 0 unspecified atom stereocenters. The first-order chi connectivity index (χ1) is 8.59. The summed E-state index contributed by atoms with van der Waals surface area (Å²) in [7, 11) is 2.02. The van der Waals surface area contributed by atoms with Crippen molar-refractivity contribution in [2.24, 2.45) is 5.73 Å². The van der Waals surface area contributed by atoms with Crippen LogP contribution in [0.4, 0.5) is 11.4 Å². The monoisotopic (exact) mass is 256 g/mol. The molecule has 0 bridgehead atoms. The van der Waals surface area contributed by atoms with Crippen LogP contribution in [0.25, 0.3) is 0 Å². The van der Waals surface area contributed by atoms with Crippen LogP contribution in [0, 0.1) is 6.92 Å². The lowest BCUT2D eigenvalue weighted by atomic mass is 10.1. The van der Waals surface area contributed by atoms with E-state index in [1.54, 1.807) is 0 Å². The summed E-state index contributed by atoms with van der Waals surface area (Å²) < 4.78 is 0. The second kappa shape index (κ2) is 5.19. The summed E-state index contributed by atoms with van der Waals surface area (Å²) in [4.78, 5) is 2.51. The fourth-order valence-electron chi connectivity index (χ4n) is 1.88. The number of nitrogens with two attached hydrogens (primary N) is 1. The molecule has 2 rings (SSSR count). The fourth-order valence-corrected chi connectivity index (χ4v) is 2.05. The molecule has 0 aliphatic heterocycles.